The lowest BCUT2D eigenvalue weighted by atomic mass is 9.98. The van der Waals surface area contributed by atoms with Gasteiger partial charge in [-0.25, -0.2) is 4.79 Å². The van der Waals surface area contributed by atoms with Gasteiger partial charge in [0.2, 0.25) is 11.8 Å². The average Bonchev–Trinajstić information content (AvgIpc) is 2.89. The number of anilines is 2. The number of carboxylic acid groups (broad SMARTS) is 1. The fourth-order valence-electron chi connectivity index (χ4n) is 3.74. The Hall–Kier alpha value is -4.63. The first-order chi connectivity index (χ1) is 17.7. The molecule has 37 heavy (non-hydrogen) atoms. The van der Waals surface area contributed by atoms with Crippen LogP contribution in [0.3, 0.4) is 0 Å². The minimum absolute atomic E-state index is 0.0612. The maximum atomic E-state index is 13.0. The Morgan fingerprint density at radius 3 is 1.95 bits per heavy atom. The summed E-state index contributed by atoms with van der Waals surface area (Å²) in [5.41, 5.74) is 7.00. The predicted molar refractivity (Wildman–Crippen MR) is 144 cm³/mol. The summed E-state index contributed by atoms with van der Waals surface area (Å²) in [7, 11) is 0. The number of fused-ring (bicyclic) bond motifs is 1. The fourth-order valence-corrected chi connectivity index (χ4v) is 4.61. The van der Waals surface area contributed by atoms with E-state index in [1.54, 1.807) is 85.8 Å². The second-order valence-corrected chi connectivity index (χ2v) is 9.60. The molecule has 4 rings (SSSR count). The zero-order valence-corrected chi connectivity index (χ0v) is 20.5. The third kappa shape index (κ3) is 5.96. The number of rotatable bonds is 8. The van der Waals surface area contributed by atoms with Crippen LogP contribution in [-0.2, 0) is 4.79 Å². The number of carbonyl (C=O) groups is 4. The molecule has 0 aromatic heterocycles. The minimum Gasteiger partial charge on any atom is -0.478 e. The van der Waals surface area contributed by atoms with Crippen molar-refractivity contribution in [3.63, 3.8) is 0 Å². The van der Waals surface area contributed by atoms with E-state index in [1.807, 2.05) is 0 Å². The van der Waals surface area contributed by atoms with E-state index in [2.05, 4.69) is 10.6 Å². The molecule has 0 saturated carbocycles. The average molecular weight is 514 g/mol. The molecule has 0 saturated heterocycles. The van der Waals surface area contributed by atoms with Crippen molar-refractivity contribution in [2.45, 2.75) is 17.1 Å². The summed E-state index contributed by atoms with van der Waals surface area (Å²) in [5, 5.41) is 15.8. The summed E-state index contributed by atoms with van der Waals surface area (Å²) < 4.78 is 0. The van der Waals surface area contributed by atoms with Gasteiger partial charge in [0.25, 0.3) is 5.91 Å². The molecule has 0 fully saturated rings. The third-order valence-electron chi connectivity index (χ3n) is 5.61. The molecule has 4 aromatic rings. The lowest BCUT2D eigenvalue weighted by Crippen LogP contribution is -2.22. The molecule has 0 aliphatic heterocycles. The van der Waals surface area contributed by atoms with Gasteiger partial charge in [-0.2, -0.15) is 0 Å². The van der Waals surface area contributed by atoms with Crippen molar-refractivity contribution in [1.29, 1.82) is 0 Å². The molecule has 0 radical (unpaired) electrons. The van der Waals surface area contributed by atoms with Gasteiger partial charge in [0.1, 0.15) is 0 Å². The highest BCUT2D eigenvalue weighted by atomic mass is 32.2. The van der Waals surface area contributed by atoms with Gasteiger partial charge in [-0.15, -0.1) is 11.8 Å². The largest absolute Gasteiger partial charge is 0.478 e. The van der Waals surface area contributed by atoms with E-state index in [0.29, 0.717) is 27.7 Å². The summed E-state index contributed by atoms with van der Waals surface area (Å²) in [5.74, 6) is -2.27. The maximum absolute atomic E-state index is 13.0. The first-order valence-electron chi connectivity index (χ1n) is 11.3. The lowest BCUT2D eigenvalue weighted by Gasteiger charge is -2.13. The Morgan fingerprint density at radius 1 is 0.784 bits per heavy atom. The monoisotopic (exact) mass is 513 g/mol. The molecule has 1 unspecified atom stereocenters. The van der Waals surface area contributed by atoms with Gasteiger partial charge in [0, 0.05) is 32.8 Å². The number of hydrogen-bond acceptors (Lipinski definition) is 5. The molecule has 5 N–H and O–H groups in total. The molecule has 0 heterocycles. The van der Waals surface area contributed by atoms with Crippen LogP contribution < -0.4 is 16.4 Å². The van der Waals surface area contributed by atoms with Crippen molar-refractivity contribution in [2.75, 3.05) is 10.6 Å². The van der Waals surface area contributed by atoms with Gasteiger partial charge in [0.05, 0.1) is 10.8 Å². The van der Waals surface area contributed by atoms with Crippen molar-refractivity contribution >= 4 is 57.6 Å². The topological polar surface area (TPSA) is 139 Å². The van der Waals surface area contributed by atoms with E-state index >= 15 is 0 Å². The van der Waals surface area contributed by atoms with Crippen LogP contribution in [0, 0.1) is 0 Å². The number of carboxylic acids is 1. The van der Waals surface area contributed by atoms with Crippen LogP contribution in [0.15, 0.2) is 89.8 Å². The predicted octanol–water partition coefficient (Wildman–Crippen LogP) is 5.01. The number of carbonyl (C=O) groups excluding carboxylic acids is 3. The summed E-state index contributed by atoms with van der Waals surface area (Å²) in [6.45, 7) is 1.77. The summed E-state index contributed by atoms with van der Waals surface area (Å²) >= 11 is 1.35. The second-order valence-electron chi connectivity index (χ2n) is 8.18. The Labute approximate surface area is 216 Å². The molecular formula is C28H23N3O5S. The Morgan fingerprint density at radius 2 is 1.35 bits per heavy atom. The number of aromatic carboxylic acids is 1. The Balaban J connectivity index is 1.41. The van der Waals surface area contributed by atoms with E-state index in [-0.39, 0.29) is 17.0 Å². The molecule has 0 bridgehead atoms. The number of nitrogens with one attached hydrogen (secondary N) is 2. The summed E-state index contributed by atoms with van der Waals surface area (Å²) in [4.78, 5) is 49.2. The minimum atomic E-state index is -1.10. The van der Waals surface area contributed by atoms with Gasteiger partial charge < -0.3 is 21.5 Å². The lowest BCUT2D eigenvalue weighted by molar-refractivity contribution is -0.115. The van der Waals surface area contributed by atoms with Crippen LogP contribution in [0.2, 0.25) is 0 Å². The molecule has 0 aliphatic carbocycles. The fraction of sp³-hybridized carbons (Fsp3) is 0.0714. The number of thioether (sulfide) groups is 1. The third-order valence-corrected chi connectivity index (χ3v) is 6.72. The van der Waals surface area contributed by atoms with Crippen LogP contribution in [0.4, 0.5) is 11.4 Å². The zero-order chi connectivity index (χ0) is 26.5. The number of amides is 3. The molecule has 0 aliphatic rings. The zero-order valence-electron chi connectivity index (χ0n) is 19.7. The van der Waals surface area contributed by atoms with Gasteiger partial charge in [-0.05, 0) is 73.0 Å². The molecule has 4 aromatic carbocycles. The van der Waals surface area contributed by atoms with Crippen molar-refractivity contribution in [1.82, 2.24) is 0 Å². The highest BCUT2D eigenvalue weighted by Crippen LogP contribution is 2.27. The second kappa shape index (κ2) is 11.0. The van der Waals surface area contributed by atoms with Crippen molar-refractivity contribution in [2.24, 2.45) is 5.73 Å². The highest BCUT2D eigenvalue weighted by molar-refractivity contribution is 8.00. The first kappa shape index (κ1) is 25.5. The number of nitrogens with two attached hydrogens (primary N) is 1. The van der Waals surface area contributed by atoms with Crippen LogP contribution in [0.25, 0.3) is 10.8 Å². The van der Waals surface area contributed by atoms with E-state index in [9.17, 15) is 24.3 Å². The van der Waals surface area contributed by atoms with Gasteiger partial charge in [0.15, 0.2) is 0 Å². The molecule has 9 heteroatoms. The smallest absolute Gasteiger partial charge is 0.336 e. The maximum Gasteiger partial charge on any atom is 0.336 e. The van der Waals surface area contributed by atoms with Crippen molar-refractivity contribution < 1.29 is 24.3 Å². The van der Waals surface area contributed by atoms with Crippen LogP contribution in [0.5, 0.6) is 0 Å². The number of hydrogen-bond donors (Lipinski definition) is 4. The molecular weight excluding hydrogens is 490 g/mol. The van der Waals surface area contributed by atoms with E-state index in [1.165, 1.54) is 17.8 Å². The molecule has 186 valence electrons. The highest BCUT2D eigenvalue weighted by Gasteiger charge is 2.18. The number of benzene rings is 4. The van der Waals surface area contributed by atoms with E-state index in [0.717, 1.165) is 4.90 Å². The van der Waals surface area contributed by atoms with Gasteiger partial charge in [-0.3, -0.25) is 14.4 Å². The van der Waals surface area contributed by atoms with E-state index < -0.39 is 23.0 Å². The molecule has 1 atom stereocenters. The van der Waals surface area contributed by atoms with Crippen molar-refractivity contribution in [3.8, 4) is 0 Å². The Kier molecular flexibility index (Phi) is 7.55. The van der Waals surface area contributed by atoms with E-state index in [4.69, 9.17) is 5.73 Å². The van der Waals surface area contributed by atoms with Gasteiger partial charge in [-0.1, -0.05) is 24.3 Å². The first-order valence-corrected chi connectivity index (χ1v) is 12.1. The number of primary amides is 1. The van der Waals surface area contributed by atoms with Gasteiger partial charge >= 0.3 is 5.97 Å². The Bertz CT molecular complexity index is 1500. The molecule has 0 spiro atoms. The van der Waals surface area contributed by atoms with Crippen molar-refractivity contribution in [3.05, 3.63) is 102 Å². The standard InChI is InChI=1S/C28H23N3O5S/c1-16(26(33)30-19-10-8-18(9-11-19)25(29)32)37-21-14-12-20(13-15-21)31-27(34)22-6-2-4-17-5-3-7-23(24(17)22)28(35)36/h2-16H,1H3,(H2,29,32)(H,30,33)(H,31,34)(H,35,36). The van der Waals surface area contributed by atoms with Crippen LogP contribution in [0.1, 0.15) is 38.0 Å². The summed E-state index contributed by atoms with van der Waals surface area (Å²) in [6, 6.07) is 23.3. The molecule has 8 nitrogen and oxygen atoms in total. The quantitative estimate of drug-likeness (QED) is 0.244. The molecule has 3 amide bonds. The van der Waals surface area contributed by atoms with Crippen LogP contribution >= 0.6 is 11.8 Å². The normalized spacial score (nSPS) is 11.5. The van der Waals surface area contributed by atoms with Crippen LogP contribution in [-0.4, -0.2) is 34.0 Å². The summed E-state index contributed by atoms with van der Waals surface area (Å²) in [6.07, 6.45) is 0. The SMILES string of the molecule is CC(Sc1ccc(NC(=O)c2cccc3cccc(C(=O)O)c23)cc1)C(=O)Nc1ccc(C(N)=O)cc1.